The maximum atomic E-state index is 13.7. The van der Waals surface area contributed by atoms with E-state index in [1.54, 1.807) is 6.07 Å². The number of pyridine rings is 1. The van der Waals surface area contributed by atoms with Gasteiger partial charge in [-0.15, -0.1) is 0 Å². The largest absolute Gasteiger partial charge is 0.493 e. The number of hydrogen-bond donors (Lipinski definition) is 1. The molecule has 3 saturated carbocycles. The smallest absolute Gasteiger partial charge is 0.417 e. The predicted octanol–water partition coefficient (Wildman–Crippen LogP) is 9.40. The summed E-state index contributed by atoms with van der Waals surface area (Å²) in [6, 6.07) is 9.98. The summed E-state index contributed by atoms with van der Waals surface area (Å²) in [5, 5.41) is 13.0. The molecule has 2 heterocycles. The first-order chi connectivity index (χ1) is 21.8. The molecule has 3 aliphatic carbocycles. The number of aromatic nitrogens is 2. The quantitative estimate of drug-likeness (QED) is 0.193. The summed E-state index contributed by atoms with van der Waals surface area (Å²) < 4.78 is 93.7. The zero-order chi connectivity index (χ0) is 32.4. The van der Waals surface area contributed by atoms with Gasteiger partial charge in [-0.1, -0.05) is 35.5 Å². The molecule has 0 atom stereocenters. The second kappa shape index (κ2) is 10.9. The summed E-state index contributed by atoms with van der Waals surface area (Å²) in [7, 11) is 0. The van der Waals surface area contributed by atoms with Crippen LogP contribution < -0.4 is 4.74 Å². The van der Waals surface area contributed by atoms with Gasteiger partial charge in [-0.3, -0.25) is 0 Å². The molecule has 240 valence electrons. The van der Waals surface area contributed by atoms with Gasteiger partial charge in [-0.25, -0.2) is 9.78 Å². The summed E-state index contributed by atoms with van der Waals surface area (Å²) in [6.45, 7) is 0.336. The van der Waals surface area contributed by atoms with E-state index in [1.165, 1.54) is 30.3 Å². The van der Waals surface area contributed by atoms with Crippen LogP contribution in [0.25, 0.3) is 28.2 Å². The predicted molar refractivity (Wildman–Crippen MR) is 155 cm³/mol. The number of aromatic carboxylic acids is 1. The molecule has 0 saturated heterocycles. The second-order valence-electron chi connectivity index (χ2n) is 12.8. The lowest BCUT2D eigenvalue weighted by molar-refractivity contribution is -0.137. The van der Waals surface area contributed by atoms with Crippen molar-refractivity contribution in [1.29, 1.82) is 0 Å². The fraction of sp³-hybridized carbons (Fsp3) is 0.382. The van der Waals surface area contributed by atoms with E-state index in [1.807, 2.05) is 12.2 Å². The molecule has 1 spiro atoms. The highest BCUT2D eigenvalue weighted by Crippen LogP contribution is 2.61. The summed E-state index contributed by atoms with van der Waals surface area (Å²) in [5.41, 5.74) is -1.62. The minimum absolute atomic E-state index is 0.000433. The van der Waals surface area contributed by atoms with Gasteiger partial charge in [0.1, 0.15) is 22.9 Å². The highest BCUT2D eigenvalue weighted by Gasteiger charge is 2.52. The molecule has 7 rings (SSSR count). The molecule has 6 nitrogen and oxygen atoms in total. The van der Waals surface area contributed by atoms with Crippen molar-refractivity contribution in [3.05, 3.63) is 82.8 Å². The number of nitrogens with zero attached hydrogens (tertiary/aromatic N) is 2. The number of halogens is 6. The Morgan fingerprint density at radius 1 is 0.978 bits per heavy atom. The minimum Gasteiger partial charge on any atom is -0.493 e. The summed E-state index contributed by atoms with van der Waals surface area (Å²) >= 11 is 0. The average molecular weight is 643 g/mol. The minimum atomic E-state index is -4.76. The molecule has 12 heteroatoms. The molecule has 2 aromatic heterocycles. The van der Waals surface area contributed by atoms with Gasteiger partial charge in [0.15, 0.2) is 0 Å². The number of carbonyl (C=O) groups is 1. The molecule has 46 heavy (non-hydrogen) atoms. The van der Waals surface area contributed by atoms with Crippen LogP contribution in [0.3, 0.4) is 0 Å². The van der Waals surface area contributed by atoms with Gasteiger partial charge < -0.3 is 14.4 Å². The number of rotatable bonds is 8. The fourth-order valence-electron chi connectivity index (χ4n) is 7.13. The Bertz CT molecular complexity index is 1840. The van der Waals surface area contributed by atoms with Crippen LogP contribution in [-0.4, -0.2) is 27.8 Å². The number of alkyl halides is 6. The highest BCUT2D eigenvalue weighted by atomic mass is 19.4. The number of fused-ring (bicyclic) bond motifs is 1. The third-order valence-corrected chi connectivity index (χ3v) is 9.35. The molecule has 3 fully saturated rings. The average Bonchev–Trinajstić information content (AvgIpc) is 3.72. The third-order valence-electron chi connectivity index (χ3n) is 9.35. The maximum Gasteiger partial charge on any atom is 0.417 e. The lowest BCUT2D eigenvalue weighted by atomic mass is 9.48. The van der Waals surface area contributed by atoms with E-state index < -0.39 is 35.1 Å². The Morgan fingerprint density at radius 3 is 2.37 bits per heavy atom. The van der Waals surface area contributed by atoms with Gasteiger partial charge in [0.2, 0.25) is 0 Å². The molecule has 1 N–H and O–H groups in total. The summed E-state index contributed by atoms with van der Waals surface area (Å²) in [4.78, 5) is 15.1. The lowest BCUT2D eigenvalue weighted by Crippen LogP contribution is -2.48. The van der Waals surface area contributed by atoms with E-state index in [0.29, 0.717) is 24.0 Å². The van der Waals surface area contributed by atoms with Crippen molar-refractivity contribution in [3.63, 3.8) is 0 Å². The van der Waals surface area contributed by atoms with E-state index in [9.17, 15) is 31.1 Å². The Labute approximate surface area is 259 Å². The third kappa shape index (κ3) is 5.73. The van der Waals surface area contributed by atoms with E-state index in [0.717, 1.165) is 44.6 Å². The van der Waals surface area contributed by atoms with Crippen molar-refractivity contribution in [3.8, 4) is 17.0 Å². The van der Waals surface area contributed by atoms with E-state index in [-0.39, 0.29) is 51.1 Å². The SMILES string of the molecule is O=C(O)c1cc(C(F)(F)F)c2cc(OCC3CC4(CC(C=Cc5c(-c6ccccc6C(F)(F)F)noc5C5CC5)C4)C3)ccc2n1. The molecule has 0 bridgehead atoms. The highest BCUT2D eigenvalue weighted by molar-refractivity contribution is 5.92. The van der Waals surface area contributed by atoms with Crippen molar-refractivity contribution in [2.24, 2.45) is 17.3 Å². The van der Waals surface area contributed by atoms with Crippen LogP contribution in [-0.2, 0) is 12.4 Å². The molecule has 0 aliphatic heterocycles. The standard InChI is InChI=1S/C34H28F6N2O4/c35-33(36,37)25-4-2-1-3-22(25)29-23(30(46-42-29)20-6-7-20)9-5-18-13-32(14-18)15-19(16-32)17-45-21-8-10-27-24(11-21)26(34(38,39)40)12-28(41-27)31(43)44/h1-5,8-12,18-20H,6-7,13-17H2,(H,43,44). The number of ether oxygens (including phenoxy) is 1. The van der Waals surface area contributed by atoms with E-state index >= 15 is 0 Å². The number of allylic oxidation sites excluding steroid dienone is 1. The zero-order valence-electron chi connectivity index (χ0n) is 24.3. The molecule has 4 aromatic rings. The molecule has 0 radical (unpaired) electrons. The Balaban J connectivity index is 0.985. The molecular weight excluding hydrogens is 614 g/mol. The van der Waals surface area contributed by atoms with Crippen molar-refractivity contribution in [2.75, 3.05) is 6.61 Å². The van der Waals surface area contributed by atoms with Crippen LogP contribution in [0.4, 0.5) is 26.3 Å². The Kier molecular flexibility index (Phi) is 7.17. The topological polar surface area (TPSA) is 85.5 Å². The van der Waals surface area contributed by atoms with Crippen LogP contribution in [0, 0.1) is 17.3 Å². The lowest BCUT2D eigenvalue weighted by Gasteiger charge is -2.57. The summed E-state index contributed by atoms with van der Waals surface area (Å²) in [5.74, 6) is 0.00590. The first-order valence-corrected chi connectivity index (χ1v) is 15.0. The first-order valence-electron chi connectivity index (χ1n) is 15.0. The van der Waals surface area contributed by atoms with Gasteiger partial charge in [-0.05, 0) is 86.1 Å². The molecular formula is C34H28F6N2O4. The van der Waals surface area contributed by atoms with Gasteiger partial charge in [0.05, 0.1) is 23.3 Å². The Morgan fingerprint density at radius 2 is 1.70 bits per heavy atom. The van der Waals surface area contributed by atoms with Crippen LogP contribution in [0.15, 0.2) is 59.1 Å². The van der Waals surface area contributed by atoms with Crippen LogP contribution in [0.5, 0.6) is 5.75 Å². The molecule has 2 aromatic carbocycles. The van der Waals surface area contributed by atoms with Gasteiger partial charge in [-0.2, -0.15) is 26.3 Å². The zero-order valence-corrected chi connectivity index (χ0v) is 24.3. The molecule has 3 aliphatic rings. The van der Waals surface area contributed by atoms with E-state index in [2.05, 4.69) is 10.1 Å². The van der Waals surface area contributed by atoms with Crippen LogP contribution >= 0.6 is 0 Å². The first kappa shape index (κ1) is 30.3. The van der Waals surface area contributed by atoms with Crippen molar-refractivity contribution in [2.45, 2.75) is 56.8 Å². The van der Waals surface area contributed by atoms with Crippen molar-refractivity contribution >= 4 is 22.9 Å². The van der Waals surface area contributed by atoms with E-state index in [4.69, 9.17) is 14.4 Å². The number of carboxylic acids is 1. The monoisotopic (exact) mass is 642 g/mol. The van der Waals surface area contributed by atoms with Crippen LogP contribution in [0.1, 0.15) is 77.4 Å². The maximum absolute atomic E-state index is 13.7. The molecule has 0 unspecified atom stereocenters. The van der Waals surface area contributed by atoms with Gasteiger partial charge in [0, 0.05) is 22.4 Å². The Hall–Kier alpha value is -4.35. The van der Waals surface area contributed by atoms with Crippen molar-refractivity contribution < 1.29 is 45.5 Å². The fourth-order valence-corrected chi connectivity index (χ4v) is 7.13. The number of carboxylic acid groups (broad SMARTS) is 1. The van der Waals surface area contributed by atoms with Crippen LogP contribution in [0.2, 0.25) is 0 Å². The normalized spacial score (nSPS) is 23.1. The van der Waals surface area contributed by atoms with Crippen molar-refractivity contribution in [1.82, 2.24) is 10.1 Å². The molecule has 0 amide bonds. The van der Waals surface area contributed by atoms with Gasteiger partial charge in [0.25, 0.3) is 0 Å². The van der Waals surface area contributed by atoms with Gasteiger partial charge >= 0.3 is 18.3 Å². The summed E-state index contributed by atoms with van der Waals surface area (Å²) in [6.07, 6.45) is 0.140. The number of hydrogen-bond acceptors (Lipinski definition) is 5. The second-order valence-corrected chi connectivity index (χ2v) is 12.8. The number of benzene rings is 2.